The van der Waals surface area contributed by atoms with E-state index < -0.39 is 0 Å². The Hall–Kier alpha value is -2.14. The Morgan fingerprint density at radius 2 is 1.76 bits per heavy atom. The molecule has 0 saturated carbocycles. The summed E-state index contributed by atoms with van der Waals surface area (Å²) in [6, 6.07) is 13.6. The zero-order valence-electron chi connectivity index (χ0n) is 14.6. The van der Waals surface area contributed by atoms with Crippen molar-refractivity contribution >= 4 is 33.4 Å². The molecule has 5 heteroatoms. The van der Waals surface area contributed by atoms with Crippen LogP contribution >= 0.6 is 15.9 Å². The van der Waals surface area contributed by atoms with Crippen LogP contribution in [0.4, 0.5) is 5.69 Å². The summed E-state index contributed by atoms with van der Waals surface area (Å²) in [4.78, 5) is 23.9. The number of amides is 2. The summed E-state index contributed by atoms with van der Waals surface area (Å²) < 4.78 is 1.07. The van der Waals surface area contributed by atoms with Gasteiger partial charge in [0, 0.05) is 29.2 Å². The average Bonchev–Trinajstić information content (AvgIpc) is 2.61. The molecular weight excluding hydrogens is 380 g/mol. The van der Waals surface area contributed by atoms with Gasteiger partial charge in [0.15, 0.2) is 0 Å². The first-order valence-electron chi connectivity index (χ1n) is 8.36. The molecule has 2 amide bonds. The highest BCUT2D eigenvalue weighted by molar-refractivity contribution is 9.10. The normalized spacial score (nSPS) is 10.4. The molecule has 0 atom stereocenters. The molecule has 132 valence electrons. The van der Waals surface area contributed by atoms with E-state index in [0.29, 0.717) is 17.7 Å². The molecule has 0 aliphatic carbocycles. The molecule has 0 spiro atoms. The standard InChI is InChI=1S/C20H23BrN2O2/c1-14-7-10-16(20(25)22-2)13-18(14)23-19(24)6-4-3-5-15-8-11-17(21)12-9-15/h7-13H,3-6H2,1-2H3,(H,22,25)(H,23,24). The topological polar surface area (TPSA) is 58.2 Å². The van der Waals surface area contributed by atoms with Crippen LogP contribution in [0.3, 0.4) is 0 Å². The van der Waals surface area contributed by atoms with Crippen molar-refractivity contribution in [3.63, 3.8) is 0 Å². The van der Waals surface area contributed by atoms with Gasteiger partial charge < -0.3 is 10.6 Å². The van der Waals surface area contributed by atoms with Gasteiger partial charge in [0.25, 0.3) is 5.91 Å². The lowest BCUT2D eigenvalue weighted by atomic mass is 10.1. The lowest BCUT2D eigenvalue weighted by Gasteiger charge is -2.10. The van der Waals surface area contributed by atoms with Crippen LogP contribution in [0.2, 0.25) is 0 Å². The van der Waals surface area contributed by atoms with Crippen molar-refractivity contribution in [2.24, 2.45) is 0 Å². The van der Waals surface area contributed by atoms with Crippen molar-refractivity contribution in [2.45, 2.75) is 32.6 Å². The van der Waals surface area contributed by atoms with Gasteiger partial charge in [0.2, 0.25) is 5.91 Å². The minimum atomic E-state index is -0.162. The number of carbonyl (C=O) groups is 2. The van der Waals surface area contributed by atoms with Crippen molar-refractivity contribution in [1.82, 2.24) is 5.32 Å². The minimum Gasteiger partial charge on any atom is -0.355 e. The fourth-order valence-electron chi connectivity index (χ4n) is 2.52. The highest BCUT2D eigenvalue weighted by Gasteiger charge is 2.09. The summed E-state index contributed by atoms with van der Waals surface area (Å²) >= 11 is 3.42. The van der Waals surface area contributed by atoms with E-state index in [0.717, 1.165) is 29.3 Å². The quantitative estimate of drug-likeness (QED) is 0.671. The maximum Gasteiger partial charge on any atom is 0.251 e. The fraction of sp³-hybridized carbons (Fsp3) is 0.300. The lowest BCUT2D eigenvalue weighted by Crippen LogP contribution is -2.19. The molecule has 0 unspecified atom stereocenters. The monoisotopic (exact) mass is 402 g/mol. The third kappa shape index (κ3) is 6.02. The maximum absolute atomic E-state index is 12.2. The van der Waals surface area contributed by atoms with Gasteiger partial charge in [0.05, 0.1) is 0 Å². The molecule has 2 aromatic carbocycles. The zero-order valence-corrected chi connectivity index (χ0v) is 16.2. The van der Waals surface area contributed by atoms with Crippen LogP contribution in [0.5, 0.6) is 0 Å². The van der Waals surface area contributed by atoms with Crippen LogP contribution in [0.1, 0.15) is 40.7 Å². The second-order valence-corrected chi connectivity index (χ2v) is 6.91. The second-order valence-electron chi connectivity index (χ2n) is 5.99. The smallest absolute Gasteiger partial charge is 0.251 e. The largest absolute Gasteiger partial charge is 0.355 e. The molecule has 0 fully saturated rings. The molecular formula is C20H23BrN2O2. The number of anilines is 1. The van der Waals surface area contributed by atoms with Crippen molar-refractivity contribution in [2.75, 3.05) is 12.4 Å². The van der Waals surface area contributed by atoms with E-state index in [4.69, 9.17) is 0 Å². The minimum absolute atomic E-state index is 0.0204. The van der Waals surface area contributed by atoms with Crippen LogP contribution in [-0.4, -0.2) is 18.9 Å². The van der Waals surface area contributed by atoms with Crippen LogP contribution in [0.15, 0.2) is 46.9 Å². The number of aryl methyl sites for hydroxylation is 2. The zero-order chi connectivity index (χ0) is 18.2. The number of hydrogen-bond donors (Lipinski definition) is 2. The van der Waals surface area contributed by atoms with E-state index >= 15 is 0 Å². The number of benzene rings is 2. The van der Waals surface area contributed by atoms with Crippen LogP contribution in [-0.2, 0) is 11.2 Å². The second kappa shape index (κ2) is 9.37. The number of rotatable bonds is 7. The summed E-state index contributed by atoms with van der Waals surface area (Å²) in [6.45, 7) is 1.91. The molecule has 0 saturated heterocycles. The highest BCUT2D eigenvalue weighted by atomic mass is 79.9. The SMILES string of the molecule is CNC(=O)c1ccc(C)c(NC(=O)CCCCc2ccc(Br)cc2)c1. The molecule has 25 heavy (non-hydrogen) atoms. The fourth-order valence-corrected chi connectivity index (χ4v) is 2.79. The number of carbonyl (C=O) groups excluding carboxylic acids is 2. The first-order chi connectivity index (χ1) is 12.0. The molecule has 0 heterocycles. The molecule has 0 aliphatic rings. The molecule has 2 aromatic rings. The number of unbranched alkanes of at least 4 members (excludes halogenated alkanes) is 1. The van der Waals surface area contributed by atoms with Gasteiger partial charge in [0.1, 0.15) is 0 Å². The summed E-state index contributed by atoms with van der Waals surface area (Å²) in [5.74, 6) is -0.182. The Kier molecular flexibility index (Phi) is 7.19. The summed E-state index contributed by atoms with van der Waals surface area (Å²) in [5.41, 5.74) is 3.45. The van der Waals surface area contributed by atoms with Crippen LogP contribution < -0.4 is 10.6 Å². The van der Waals surface area contributed by atoms with Crippen LogP contribution in [0.25, 0.3) is 0 Å². The van der Waals surface area contributed by atoms with E-state index in [2.05, 4.69) is 38.7 Å². The van der Waals surface area contributed by atoms with Gasteiger partial charge in [-0.15, -0.1) is 0 Å². The maximum atomic E-state index is 12.2. The Morgan fingerprint density at radius 3 is 2.44 bits per heavy atom. The van der Waals surface area contributed by atoms with E-state index in [1.54, 1.807) is 19.2 Å². The molecule has 2 N–H and O–H groups in total. The summed E-state index contributed by atoms with van der Waals surface area (Å²) in [6.07, 6.45) is 3.23. The summed E-state index contributed by atoms with van der Waals surface area (Å²) in [7, 11) is 1.59. The van der Waals surface area contributed by atoms with E-state index in [1.807, 2.05) is 25.1 Å². The lowest BCUT2D eigenvalue weighted by molar-refractivity contribution is -0.116. The van der Waals surface area contributed by atoms with Gasteiger partial charge in [-0.25, -0.2) is 0 Å². The molecule has 0 aromatic heterocycles. The van der Waals surface area contributed by atoms with Crippen molar-refractivity contribution in [1.29, 1.82) is 0 Å². The van der Waals surface area contributed by atoms with E-state index in [9.17, 15) is 9.59 Å². The highest BCUT2D eigenvalue weighted by Crippen LogP contribution is 2.18. The number of hydrogen-bond acceptors (Lipinski definition) is 2. The van der Waals surface area contributed by atoms with E-state index in [-0.39, 0.29) is 11.8 Å². The molecule has 0 aliphatic heterocycles. The number of halogens is 1. The Bertz CT molecular complexity index is 742. The summed E-state index contributed by atoms with van der Waals surface area (Å²) in [5, 5.41) is 5.50. The molecule has 4 nitrogen and oxygen atoms in total. The van der Waals surface area contributed by atoms with Crippen molar-refractivity contribution in [3.8, 4) is 0 Å². The van der Waals surface area contributed by atoms with Crippen molar-refractivity contribution in [3.05, 3.63) is 63.6 Å². The van der Waals surface area contributed by atoms with Crippen LogP contribution in [0, 0.1) is 6.92 Å². The first-order valence-corrected chi connectivity index (χ1v) is 9.16. The van der Waals surface area contributed by atoms with Gasteiger partial charge in [-0.2, -0.15) is 0 Å². The molecule has 0 bridgehead atoms. The van der Waals surface area contributed by atoms with Gasteiger partial charge >= 0.3 is 0 Å². The molecule has 2 rings (SSSR count). The predicted molar refractivity (Wildman–Crippen MR) is 105 cm³/mol. The van der Waals surface area contributed by atoms with Crippen molar-refractivity contribution < 1.29 is 9.59 Å². The average molecular weight is 403 g/mol. The third-order valence-electron chi connectivity index (χ3n) is 4.03. The third-order valence-corrected chi connectivity index (χ3v) is 4.56. The Morgan fingerprint density at radius 1 is 1.04 bits per heavy atom. The van der Waals surface area contributed by atoms with Gasteiger partial charge in [-0.05, 0) is 61.6 Å². The van der Waals surface area contributed by atoms with Gasteiger partial charge in [-0.3, -0.25) is 9.59 Å². The Labute approximate surface area is 157 Å². The van der Waals surface area contributed by atoms with E-state index in [1.165, 1.54) is 5.56 Å². The van der Waals surface area contributed by atoms with Gasteiger partial charge in [-0.1, -0.05) is 34.1 Å². The molecule has 0 radical (unpaired) electrons. The number of nitrogens with one attached hydrogen (secondary N) is 2. The Balaban J connectivity index is 1.81. The predicted octanol–water partition coefficient (Wildman–Crippen LogP) is 4.47. The first kappa shape index (κ1) is 19.2.